The second-order valence-corrected chi connectivity index (χ2v) is 5.11. The molecule has 0 saturated heterocycles. The number of benzene rings is 1. The fourth-order valence-electron chi connectivity index (χ4n) is 2.25. The van der Waals surface area contributed by atoms with E-state index in [1.807, 2.05) is 0 Å². The molecule has 5 heteroatoms. The third kappa shape index (κ3) is 2.70. The number of carbonyl (C=O) groups is 1. The molecule has 1 aliphatic rings. The average Bonchev–Trinajstić information content (AvgIpc) is 2.32. The molecule has 1 aromatic carbocycles. The highest BCUT2D eigenvalue weighted by Crippen LogP contribution is 2.28. The van der Waals surface area contributed by atoms with Gasteiger partial charge in [0.05, 0.1) is 5.38 Å². The fraction of sp³-hybridized carbons (Fsp3) is 0.462. The van der Waals surface area contributed by atoms with Gasteiger partial charge in [0.2, 0.25) is 0 Å². The molecule has 0 bridgehead atoms. The molecule has 98 valence electrons. The van der Waals surface area contributed by atoms with Crippen molar-refractivity contribution in [2.24, 2.45) is 0 Å². The summed E-state index contributed by atoms with van der Waals surface area (Å²) >= 11 is 6.15. The monoisotopic (exact) mass is 269 g/mol. The molecule has 1 saturated carbocycles. The van der Waals surface area contributed by atoms with Crippen molar-refractivity contribution >= 4 is 17.5 Å². The van der Waals surface area contributed by atoms with E-state index >= 15 is 0 Å². The second-order valence-electron chi connectivity index (χ2n) is 4.55. The molecular weight excluding hydrogens is 254 g/mol. The number of hydrogen-bond donors (Lipinski definition) is 3. The maximum absolute atomic E-state index is 12.0. The Hall–Kier alpha value is -1.42. The molecular formula is C13H16ClNO3. The number of amides is 1. The molecule has 3 N–H and O–H groups in total. The Morgan fingerprint density at radius 2 is 1.83 bits per heavy atom. The van der Waals surface area contributed by atoms with Gasteiger partial charge in [-0.2, -0.15) is 0 Å². The van der Waals surface area contributed by atoms with Crippen molar-refractivity contribution in [3.63, 3.8) is 0 Å². The average molecular weight is 270 g/mol. The van der Waals surface area contributed by atoms with Crippen molar-refractivity contribution in [3.05, 3.63) is 23.8 Å². The summed E-state index contributed by atoms with van der Waals surface area (Å²) in [6, 6.07) is 4.11. The Bertz CT molecular complexity index is 430. The maximum Gasteiger partial charge on any atom is 0.259 e. The summed E-state index contributed by atoms with van der Waals surface area (Å²) in [4.78, 5) is 12.0. The van der Waals surface area contributed by atoms with E-state index in [0.717, 1.165) is 25.7 Å². The largest absolute Gasteiger partial charge is 0.507 e. The lowest BCUT2D eigenvalue weighted by Gasteiger charge is -2.28. The first-order chi connectivity index (χ1) is 8.59. The van der Waals surface area contributed by atoms with Gasteiger partial charge < -0.3 is 15.5 Å². The summed E-state index contributed by atoms with van der Waals surface area (Å²) < 4.78 is 0. The van der Waals surface area contributed by atoms with Crippen molar-refractivity contribution < 1.29 is 15.0 Å². The summed E-state index contributed by atoms with van der Waals surface area (Å²) in [5.41, 5.74) is -0.0908. The highest BCUT2D eigenvalue weighted by Gasteiger charge is 2.26. The molecule has 2 unspecified atom stereocenters. The quantitative estimate of drug-likeness (QED) is 0.722. The third-order valence-corrected chi connectivity index (χ3v) is 3.77. The van der Waals surface area contributed by atoms with Crippen molar-refractivity contribution in [1.82, 2.24) is 5.32 Å². The Morgan fingerprint density at radius 1 is 1.22 bits per heavy atom. The van der Waals surface area contributed by atoms with Gasteiger partial charge >= 0.3 is 0 Å². The van der Waals surface area contributed by atoms with Crippen LogP contribution in [0.15, 0.2) is 18.2 Å². The Balaban J connectivity index is 2.12. The number of rotatable bonds is 2. The van der Waals surface area contributed by atoms with Crippen molar-refractivity contribution in [3.8, 4) is 11.5 Å². The zero-order valence-electron chi connectivity index (χ0n) is 9.90. The van der Waals surface area contributed by atoms with E-state index in [1.165, 1.54) is 18.2 Å². The summed E-state index contributed by atoms with van der Waals surface area (Å²) in [6.45, 7) is 0. The molecule has 0 radical (unpaired) electrons. The van der Waals surface area contributed by atoms with Gasteiger partial charge in [-0.05, 0) is 25.0 Å². The van der Waals surface area contributed by atoms with Crippen LogP contribution in [-0.4, -0.2) is 27.5 Å². The minimum Gasteiger partial charge on any atom is -0.507 e. The molecule has 1 fully saturated rings. The van der Waals surface area contributed by atoms with Crippen LogP contribution in [0.1, 0.15) is 36.0 Å². The molecule has 0 heterocycles. The molecule has 2 rings (SSSR count). The summed E-state index contributed by atoms with van der Waals surface area (Å²) in [7, 11) is 0. The number of phenols is 2. The van der Waals surface area contributed by atoms with Crippen molar-refractivity contribution in [2.75, 3.05) is 0 Å². The maximum atomic E-state index is 12.0. The zero-order chi connectivity index (χ0) is 13.1. The van der Waals surface area contributed by atoms with Gasteiger partial charge in [-0.1, -0.05) is 18.9 Å². The molecule has 1 aliphatic carbocycles. The van der Waals surface area contributed by atoms with Crippen LogP contribution in [0, 0.1) is 0 Å². The number of alkyl halides is 1. The predicted octanol–water partition coefficient (Wildman–Crippen LogP) is 2.38. The van der Waals surface area contributed by atoms with Crippen LogP contribution >= 0.6 is 11.6 Å². The summed E-state index contributed by atoms with van der Waals surface area (Å²) in [5.74, 6) is -0.938. The lowest BCUT2D eigenvalue weighted by molar-refractivity contribution is 0.0923. The van der Waals surface area contributed by atoms with Crippen molar-refractivity contribution in [2.45, 2.75) is 37.1 Å². The number of carbonyl (C=O) groups excluding carboxylic acids is 1. The first kappa shape index (κ1) is 13.0. The fourth-order valence-corrected chi connectivity index (χ4v) is 2.59. The number of nitrogens with one attached hydrogen (secondary N) is 1. The SMILES string of the molecule is O=C(NC1CCCCC1Cl)c1c(O)cccc1O. The van der Waals surface area contributed by atoms with Crippen LogP contribution in [0.3, 0.4) is 0 Å². The lowest BCUT2D eigenvalue weighted by atomic mass is 9.94. The zero-order valence-corrected chi connectivity index (χ0v) is 10.7. The van der Waals surface area contributed by atoms with E-state index < -0.39 is 5.91 Å². The summed E-state index contributed by atoms with van der Waals surface area (Å²) in [6.07, 6.45) is 3.80. The van der Waals surface area contributed by atoms with Crippen LogP contribution in [0.25, 0.3) is 0 Å². The van der Waals surface area contributed by atoms with Gasteiger partial charge in [0.1, 0.15) is 17.1 Å². The summed E-state index contributed by atoms with van der Waals surface area (Å²) in [5, 5.41) is 21.9. The molecule has 18 heavy (non-hydrogen) atoms. The van der Waals surface area contributed by atoms with E-state index in [0.29, 0.717) is 0 Å². The smallest absolute Gasteiger partial charge is 0.259 e. The Labute approximate surface area is 111 Å². The first-order valence-electron chi connectivity index (χ1n) is 6.05. The molecule has 0 aromatic heterocycles. The van der Waals surface area contributed by atoms with Crippen LogP contribution < -0.4 is 5.32 Å². The number of aromatic hydroxyl groups is 2. The Morgan fingerprint density at radius 3 is 2.44 bits per heavy atom. The van der Waals surface area contributed by atoms with E-state index in [-0.39, 0.29) is 28.5 Å². The van der Waals surface area contributed by atoms with Gasteiger partial charge in [-0.25, -0.2) is 0 Å². The lowest BCUT2D eigenvalue weighted by Crippen LogP contribution is -2.42. The van der Waals surface area contributed by atoms with E-state index in [1.54, 1.807) is 0 Å². The van der Waals surface area contributed by atoms with Crippen LogP contribution in [0.2, 0.25) is 0 Å². The van der Waals surface area contributed by atoms with E-state index in [9.17, 15) is 15.0 Å². The highest BCUT2D eigenvalue weighted by molar-refractivity contribution is 6.21. The predicted molar refractivity (Wildman–Crippen MR) is 69.1 cm³/mol. The second kappa shape index (κ2) is 5.48. The standard InChI is InChI=1S/C13H16ClNO3/c14-8-4-1-2-5-9(8)15-13(18)12-10(16)6-3-7-11(12)17/h3,6-9,16-17H,1-2,4-5H2,(H,15,18). The molecule has 0 spiro atoms. The van der Waals surface area contributed by atoms with Gasteiger partial charge in [0.15, 0.2) is 0 Å². The van der Waals surface area contributed by atoms with Gasteiger partial charge in [0.25, 0.3) is 5.91 Å². The van der Waals surface area contributed by atoms with Crippen LogP contribution in [0.4, 0.5) is 0 Å². The molecule has 2 atom stereocenters. The van der Waals surface area contributed by atoms with E-state index in [2.05, 4.69) is 5.32 Å². The van der Waals surface area contributed by atoms with Crippen molar-refractivity contribution in [1.29, 1.82) is 0 Å². The number of phenolic OH excluding ortho intramolecular Hbond substituents is 2. The Kier molecular flexibility index (Phi) is 3.97. The minimum atomic E-state index is -0.483. The van der Waals surface area contributed by atoms with Gasteiger partial charge in [0, 0.05) is 6.04 Å². The minimum absolute atomic E-state index is 0.0873. The molecule has 1 amide bonds. The molecule has 4 nitrogen and oxygen atoms in total. The van der Waals surface area contributed by atoms with E-state index in [4.69, 9.17) is 11.6 Å². The molecule has 1 aromatic rings. The molecule has 0 aliphatic heterocycles. The first-order valence-corrected chi connectivity index (χ1v) is 6.49. The van der Waals surface area contributed by atoms with Gasteiger partial charge in [-0.3, -0.25) is 4.79 Å². The number of hydrogen-bond acceptors (Lipinski definition) is 3. The topological polar surface area (TPSA) is 69.6 Å². The third-order valence-electron chi connectivity index (χ3n) is 3.25. The highest BCUT2D eigenvalue weighted by atomic mass is 35.5. The van der Waals surface area contributed by atoms with Gasteiger partial charge in [-0.15, -0.1) is 11.6 Å². The number of halogens is 1. The normalized spacial score (nSPS) is 23.6. The van der Waals surface area contributed by atoms with Crippen LogP contribution in [0.5, 0.6) is 11.5 Å². The van der Waals surface area contributed by atoms with Crippen LogP contribution in [-0.2, 0) is 0 Å².